The van der Waals surface area contributed by atoms with E-state index in [4.69, 9.17) is 13.7 Å². The summed E-state index contributed by atoms with van der Waals surface area (Å²) in [5.41, 5.74) is -4.28. The van der Waals surface area contributed by atoms with Crippen molar-refractivity contribution in [2.45, 2.75) is 44.0 Å². The minimum absolute atomic E-state index is 0.0956. The van der Waals surface area contributed by atoms with Crippen LogP contribution in [0.5, 0.6) is 5.75 Å². The van der Waals surface area contributed by atoms with Gasteiger partial charge in [-0.25, -0.2) is 0 Å². The van der Waals surface area contributed by atoms with Crippen LogP contribution in [-0.2, 0) is 24.5 Å². The van der Waals surface area contributed by atoms with E-state index in [1.54, 1.807) is 18.2 Å². The molecule has 28 heavy (non-hydrogen) atoms. The number of halogens is 3. The molecule has 1 saturated heterocycles. The van der Waals surface area contributed by atoms with Gasteiger partial charge in [0.25, 0.3) is 0 Å². The van der Waals surface area contributed by atoms with Crippen LogP contribution in [0.3, 0.4) is 0 Å². The molecule has 9 heteroatoms. The molecule has 0 unspecified atom stereocenters. The lowest BCUT2D eigenvalue weighted by Crippen LogP contribution is -2.32. The summed E-state index contributed by atoms with van der Waals surface area (Å²) in [6.07, 6.45) is 1.60. The topological polar surface area (TPSA) is 61.8 Å². The van der Waals surface area contributed by atoms with Crippen LogP contribution in [-0.4, -0.2) is 34.2 Å². The number of ether oxygens (including phenoxy) is 2. The largest absolute Gasteiger partial charge is 0.534 e. The molecule has 5 nitrogen and oxygen atoms in total. The highest BCUT2D eigenvalue weighted by atomic mass is 32.2. The molecule has 0 N–H and O–H groups in total. The van der Waals surface area contributed by atoms with Crippen molar-refractivity contribution < 1.29 is 35.2 Å². The van der Waals surface area contributed by atoms with Gasteiger partial charge in [-0.15, -0.1) is 0 Å². The summed E-state index contributed by atoms with van der Waals surface area (Å²) in [6, 6.07) is 4.88. The summed E-state index contributed by atoms with van der Waals surface area (Å²) in [5.74, 6) is 0.238. The molecule has 1 aromatic rings. The maximum Gasteiger partial charge on any atom is 0.534 e. The summed E-state index contributed by atoms with van der Waals surface area (Å²) in [7, 11) is -4.29. The lowest BCUT2D eigenvalue weighted by molar-refractivity contribution is -0.0510. The van der Waals surface area contributed by atoms with Gasteiger partial charge in [-0.1, -0.05) is 13.8 Å². The fraction of sp³-hybridized carbons (Fsp3) is 0.579. The van der Waals surface area contributed by atoms with Crippen molar-refractivity contribution in [1.82, 2.24) is 0 Å². The molecule has 1 aliphatic carbocycles. The van der Waals surface area contributed by atoms with E-state index in [1.807, 2.05) is 13.8 Å². The first-order chi connectivity index (χ1) is 13.0. The van der Waals surface area contributed by atoms with Crippen molar-refractivity contribution in [2.75, 3.05) is 20.3 Å². The predicted molar refractivity (Wildman–Crippen MR) is 97.2 cm³/mol. The Bertz CT molecular complexity index is 881. The van der Waals surface area contributed by atoms with Crippen LogP contribution in [0.25, 0.3) is 5.76 Å². The van der Waals surface area contributed by atoms with Gasteiger partial charge in [-0.05, 0) is 59.9 Å². The SMILES string of the molecule is COc1ccc2c(c1)C(C)(C)CC(C1CCOCC1)=C2OS(=O)(=O)C(F)(F)F. The third-order valence-electron chi connectivity index (χ3n) is 5.32. The zero-order valence-corrected chi connectivity index (χ0v) is 16.7. The number of hydrogen-bond acceptors (Lipinski definition) is 5. The van der Waals surface area contributed by atoms with E-state index in [2.05, 4.69) is 0 Å². The van der Waals surface area contributed by atoms with E-state index in [9.17, 15) is 21.6 Å². The molecule has 0 atom stereocenters. The van der Waals surface area contributed by atoms with E-state index in [0.29, 0.717) is 54.9 Å². The Morgan fingerprint density at radius 1 is 1.18 bits per heavy atom. The van der Waals surface area contributed by atoms with E-state index in [1.165, 1.54) is 7.11 Å². The smallest absolute Gasteiger partial charge is 0.497 e. The molecule has 0 spiro atoms. The van der Waals surface area contributed by atoms with Crippen LogP contribution >= 0.6 is 0 Å². The summed E-state index contributed by atoms with van der Waals surface area (Å²) >= 11 is 0. The Morgan fingerprint density at radius 2 is 1.82 bits per heavy atom. The third kappa shape index (κ3) is 3.87. The Balaban J connectivity index is 2.19. The summed E-state index contributed by atoms with van der Waals surface area (Å²) in [6.45, 7) is 4.89. The van der Waals surface area contributed by atoms with E-state index in [-0.39, 0.29) is 11.7 Å². The molecule has 1 heterocycles. The molecule has 0 amide bonds. The molecule has 0 aromatic heterocycles. The zero-order chi connectivity index (χ0) is 20.7. The Hall–Kier alpha value is -1.74. The van der Waals surface area contributed by atoms with Crippen molar-refractivity contribution in [3.8, 4) is 5.75 Å². The first kappa shape index (κ1) is 21.0. The average molecular weight is 420 g/mol. The van der Waals surface area contributed by atoms with Crippen LogP contribution in [0.2, 0.25) is 0 Å². The molecule has 1 aliphatic heterocycles. The average Bonchev–Trinajstić information content (AvgIpc) is 2.63. The van der Waals surface area contributed by atoms with Crippen LogP contribution in [0.4, 0.5) is 13.2 Å². The summed E-state index contributed by atoms with van der Waals surface area (Å²) in [4.78, 5) is 0. The standard InChI is InChI=1S/C19H23F3O5S/c1-18(2)11-15(12-6-8-26-9-7-12)17(27-28(23,24)19(20,21)22)14-5-4-13(25-3)10-16(14)18/h4-5,10,12H,6-9,11H2,1-3H3. The van der Waals surface area contributed by atoms with Crippen LogP contribution in [0.15, 0.2) is 23.8 Å². The second-order valence-corrected chi connectivity index (χ2v) is 9.23. The first-order valence-electron chi connectivity index (χ1n) is 8.97. The van der Waals surface area contributed by atoms with Gasteiger partial charge in [0.1, 0.15) is 11.5 Å². The van der Waals surface area contributed by atoms with Gasteiger partial charge in [0.05, 0.1) is 7.11 Å². The minimum atomic E-state index is -5.78. The van der Waals surface area contributed by atoms with Gasteiger partial charge in [0.15, 0.2) is 0 Å². The van der Waals surface area contributed by atoms with Crippen LogP contribution in [0.1, 0.15) is 44.2 Å². The molecule has 0 bridgehead atoms. The van der Waals surface area contributed by atoms with Crippen molar-refractivity contribution in [3.63, 3.8) is 0 Å². The lowest BCUT2D eigenvalue weighted by atomic mass is 9.68. The van der Waals surface area contributed by atoms with Gasteiger partial charge >= 0.3 is 15.6 Å². The van der Waals surface area contributed by atoms with E-state index in [0.717, 1.165) is 0 Å². The first-order valence-corrected chi connectivity index (χ1v) is 10.4. The fourth-order valence-electron chi connectivity index (χ4n) is 3.86. The lowest BCUT2D eigenvalue weighted by Gasteiger charge is -2.38. The number of methoxy groups -OCH3 is 1. The minimum Gasteiger partial charge on any atom is -0.497 e. The monoisotopic (exact) mass is 420 g/mol. The fourth-order valence-corrected chi connectivity index (χ4v) is 4.37. The highest BCUT2D eigenvalue weighted by Gasteiger charge is 2.50. The number of alkyl halides is 3. The second kappa shape index (κ2) is 7.26. The van der Waals surface area contributed by atoms with E-state index < -0.39 is 21.0 Å². The van der Waals surface area contributed by atoms with Crippen LogP contribution in [0, 0.1) is 5.92 Å². The zero-order valence-electron chi connectivity index (χ0n) is 15.9. The number of rotatable bonds is 4. The van der Waals surface area contributed by atoms with Crippen LogP contribution < -0.4 is 4.74 Å². The molecule has 1 aromatic carbocycles. The van der Waals surface area contributed by atoms with Crippen molar-refractivity contribution >= 4 is 15.9 Å². The van der Waals surface area contributed by atoms with Gasteiger partial charge < -0.3 is 13.7 Å². The van der Waals surface area contributed by atoms with Crippen molar-refractivity contribution in [1.29, 1.82) is 0 Å². The second-order valence-electron chi connectivity index (χ2n) is 7.70. The van der Waals surface area contributed by atoms with Gasteiger partial charge in [0, 0.05) is 18.8 Å². The summed E-state index contributed by atoms with van der Waals surface area (Å²) < 4.78 is 78.0. The molecule has 156 valence electrons. The molecule has 3 rings (SSSR count). The number of allylic oxidation sites excluding steroid dienone is 1. The Kier molecular flexibility index (Phi) is 5.44. The molecule has 2 aliphatic rings. The maximum atomic E-state index is 13.0. The van der Waals surface area contributed by atoms with Crippen molar-refractivity contribution in [3.05, 3.63) is 34.9 Å². The van der Waals surface area contributed by atoms with Gasteiger partial charge in [0.2, 0.25) is 0 Å². The third-order valence-corrected chi connectivity index (χ3v) is 6.27. The molecule has 1 fully saturated rings. The molecular weight excluding hydrogens is 397 g/mol. The normalized spacial score (nSPS) is 20.6. The Morgan fingerprint density at radius 3 is 2.39 bits per heavy atom. The van der Waals surface area contributed by atoms with Gasteiger partial charge in [-0.2, -0.15) is 21.6 Å². The number of benzene rings is 1. The quantitative estimate of drug-likeness (QED) is 0.534. The number of fused-ring (bicyclic) bond motifs is 1. The molecule has 0 radical (unpaired) electrons. The molecule has 0 saturated carbocycles. The maximum absolute atomic E-state index is 13.0. The summed E-state index contributed by atoms with van der Waals surface area (Å²) in [5, 5.41) is 0. The van der Waals surface area contributed by atoms with Crippen molar-refractivity contribution in [2.24, 2.45) is 5.92 Å². The predicted octanol–water partition coefficient (Wildman–Crippen LogP) is 4.38. The Labute approximate surface area is 162 Å². The number of hydrogen-bond donors (Lipinski definition) is 0. The van der Waals surface area contributed by atoms with E-state index >= 15 is 0 Å². The molecular formula is C19H23F3O5S. The van der Waals surface area contributed by atoms with Gasteiger partial charge in [-0.3, -0.25) is 0 Å². The highest BCUT2D eigenvalue weighted by Crippen LogP contribution is 2.49. The highest BCUT2D eigenvalue weighted by molar-refractivity contribution is 7.87.